The zero-order chi connectivity index (χ0) is 18.3. The summed E-state index contributed by atoms with van der Waals surface area (Å²) < 4.78 is 0. The average Bonchev–Trinajstić information content (AvgIpc) is 3.11. The van der Waals surface area contributed by atoms with Crippen LogP contribution in [0.15, 0.2) is 42.7 Å². The molecule has 1 amide bonds. The van der Waals surface area contributed by atoms with Crippen molar-refractivity contribution in [3.8, 4) is 22.8 Å². The lowest BCUT2D eigenvalue weighted by Gasteiger charge is -2.13. The van der Waals surface area contributed by atoms with Crippen LogP contribution in [-0.2, 0) is 0 Å². The smallest absolute Gasteiger partial charge is 0.269 e. The molecule has 3 heterocycles. The third-order valence-corrected chi connectivity index (χ3v) is 4.14. The molecular weight excluding hydrogens is 330 g/mol. The fourth-order valence-corrected chi connectivity index (χ4v) is 2.90. The van der Waals surface area contributed by atoms with Gasteiger partial charge in [0.25, 0.3) is 5.91 Å². The summed E-state index contributed by atoms with van der Waals surface area (Å²) in [6.45, 7) is 1.94. The van der Waals surface area contributed by atoms with Crippen LogP contribution in [0.5, 0.6) is 0 Å². The Hall–Kier alpha value is -3.81. The number of aromatic amines is 1. The molecule has 4 rings (SSSR count). The Morgan fingerprint density at radius 1 is 1.15 bits per heavy atom. The van der Waals surface area contributed by atoms with Gasteiger partial charge in [-0.2, -0.15) is 5.10 Å². The van der Waals surface area contributed by atoms with E-state index in [0.717, 1.165) is 22.0 Å². The molecule has 0 fully saturated rings. The number of aryl methyl sites for hydroxylation is 1. The molecular formula is C18H15N7O. The molecule has 3 aromatic heterocycles. The molecule has 5 N–H and O–H groups in total. The Morgan fingerprint density at radius 2 is 2.00 bits per heavy atom. The summed E-state index contributed by atoms with van der Waals surface area (Å²) in [6.07, 6.45) is 3.32. The molecule has 8 nitrogen and oxygen atoms in total. The van der Waals surface area contributed by atoms with Gasteiger partial charge in [-0.05, 0) is 30.7 Å². The Labute approximate surface area is 148 Å². The average molecular weight is 345 g/mol. The van der Waals surface area contributed by atoms with Gasteiger partial charge in [0.05, 0.1) is 23.1 Å². The third kappa shape index (κ3) is 2.44. The molecule has 0 atom stereocenters. The molecule has 8 heteroatoms. The van der Waals surface area contributed by atoms with Crippen molar-refractivity contribution >= 4 is 22.5 Å². The normalized spacial score (nSPS) is 11.0. The Morgan fingerprint density at radius 3 is 2.73 bits per heavy atom. The van der Waals surface area contributed by atoms with Crippen LogP contribution in [0.4, 0.5) is 5.69 Å². The lowest BCUT2D eigenvalue weighted by molar-refractivity contribution is 0.0996. The van der Waals surface area contributed by atoms with Crippen LogP contribution in [-0.4, -0.2) is 31.1 Å². The molecule has 26 heavy (non-hydrogen) atoms. The first-order chi connectivity index (χ1) is 12.6. The van der Waals surface area contributed by atoms with E-state index in [1.165, 1.54) is 0 Å². The number of fused-ring (bicyclic) bond motifs is 1. The minimum absolute atomic E-state index is 0.0319. The summed E-state index contributed by atoms with van der Waals surface area (Å²) in [5, 5.41) is 7.85. The van der Waals surface area contributed by atoms with Gasteiger partial charge in [-0.25, -0.2) is 9.97 Å². The maximum atomic E-state index is 11.9. The van der Waals surface area contributed by atoms with Crippen molar-refractivity contribution in [3.63, 3.8) is 0 Å². The van der Waals surface area contributed by atoms with Gasteiger partial charge in [0.15, 0.2) is 11.5 Å². The summed E-state index contributed by atoms with van der Waals surface area (Å²) in [5.74, 6) is -0.441. The molecule has 0 unspecified atom stereocenters. The van der Waals surface area contributed by atoms with E-state index in [1.807, 2.05) is 25.1 Å². The van der Waals surface area contributed by atoms with Gasteiger partial charge in [0.1, 0.15) is 5.69 Å². The highest BCUT2D eigenvalue weighted by Gasteiger charge is 2.21. The number of carbonyl (C=O) groups excluding carboxylic acids is 1. The number of amides is 1. The second-order valence-electron chi connectivity index (χ2n) is 5.83. The third-order valence-electron chi connectivity index (χ3n) is 4.14. The van der Waals surface area contributed by atoms with Crippen LogP contribution in [0.2, 0.25) is 0 Å². The van der Waals surface area contributed by atoms with Crippen molar-refractivity contribution in [2.24, 2.45) is 5.73 Å². The summed E-state index contributed by atoms with van der Waals surface area (Å²) in [5.41, 5.74) is 15.3. The SMILES string of the molecule is Cc1ccc2[nH]ncc2c1-c1nc(-c2ccccn2)nc(C(N)=O)c1N. The van der Waals surface area contributed by atoms with E-state index in [1.54, 1.807) is 24.5 Å². The van der Waals surface area contributed by atoms with E-state index in [-0.39, 0.29) is 17.2 Å². The number of H-pyrrole nitrogens is 1. The maximum Gasteiger partial charge on any atom is 0.269 e. The fourth-order valence-electron chi connectivity index (χ4n) is 2.90. The van der Waals surface area contributed by atoms with E-state index in [2.05, 4.69) is 25.1 Å². The first kappa shape index (κ1) is 15.7. The summed E-state index contributed by atoms with van der Waals surface area (Å²) in [7, 11) is 0. The van der Waals surface area contributed by atoms with Crippen LogP contribution in [0.3, 0.4) is 0 Å². The predicted molar refractivity (Wildman–Crippen MR) is 98.0 cm³/mol. The molecule has 0 radical (unpaired) electrons. The van der Waals surface area contributed by atoms with Gasteiger partial charge in [-0.15, -0.1) is 0 Å². The van der Waals surface area contributed by atoms with Crippen molar-refractivity contribution in [2.75, 3.05) is 5.73 Å². The van der Waals surface area contributed by atoms with Crippen LogP contribution in [0.1, 0.15) is 16.1 Å². The van der Waals surface area contributed by atoms with E-state index < -0.39 is 5.91 Å². The number of nitrogens with two attached hydrogens (primary N) is 2. The number of hydrogen-bond donors (Lipinski definition) is 3. The Bertz CT molecular complexity index is 1140. The largest absolute Gasteiger partial charge is 0.395 e. The monoisotopic (exact) mass is 345 g/mol. The van der Waals surface area contributed by atoms with E-state index in [0.29, 0.717) is 11.4 Å². The molecule has 0 spiro atoms. The van der Waals surface area contributed by atoms with Gasteiger partial charge < -0.3 is 11.5 Å². The minimum Gasteiger partial charge on any atom is -0.395 e. The number of hydrogen-bond acceptors (Lipinski definition) is 6. The number of nitrogens with zero attached hydrogens (tertiary/aromatic N) is 4. The summed E-state index contributed by atoms with van der Waals surface area (Å²) in [6, 6.07) is 9.21. The standard InChI is InChI=1S/C18H15N7O/c1-9-5-6-11-10(8-22-25-11)13(9)15-14(19)16(17(20)26)24-18(23-15)12-4-2-3-7-21-12/h2-8H,19H2,1H3,(H2,20,26)(H,22,25). The van der Waals surface area contributed by atoms with Crippen LogP contribution in [0.25, 0.3) is 33.7 Å². The quantitative estimate of drug-likeness (QED) is 0.520. The topological polar surface area (TPSA) is 136 Å². The molecule has 128 valence electrons. The second kappa shape index (κ2) is 5.92. The lowest BCUT2D eigenvalue weighted by Crippen LogP contribution is -2.18. The number of nitrogen functional groups attached to an aromatic ring is 1. The highest BCUT2D eigenvalue weighted by molar-refractivity contribution is 6.04. The van der Waals surface area contributed by atoms with Crippen LogP contribution >= 0.6 is 0 Å². The summed E-state index contributed by atoms with van der Waals surface area (Å²) in [4.78, 5) is 25.0. The Kier molecular flexibility index (Phi) is 3.58. The number of pyridine rings is 1. The number of carbonyl (C=O) groups is 1. The van der Waals surface area contributed by atoms with Crippen molar-refractivity contribution in [3.05, 3.63) is 54.0 Å². The molecule has 0 aliphatic carbocycles. The lowest BCUT2D eigenvalue weighted by atomic mass is 9.99. The molecule has 0 saturated carbocycles. The molecule has 4 aromatic rings. The van der Waals surface area contributed by atoms with Gasteiger partial charge in [-0.1, -0.05) is 12.1 Å². The highest BCUT2D eigenvalue weighted by atomic mass is 16.1. The first-order valence-electron chi connectivity index (χ1n) is 7.88. The molecule has 0 aliphatic rings. The number of anilines is 1. The second-order valence-corrected chi connectivity index (χ2v) is 5.83. The van der Waals surface area contributed by atoms with Gasteiger partial charge >= 0.3 is 0 Å². The van der Waals surface area contributed by atoms with Crippen LogP contribution < -0.4 is 11.5 Å². The van der Waals surface area contributed by atoms with Crippen molar-refractivity contribution < 1.29 is 4.79 Å². The molecule has 0 bridgehead atoms. The number of benzene rings is 1. The van der Waals surface area contributed by atoms with Crippen molar-refractivity contribution in [2.45, 2.75) is 6.92 Å². The van der Waals surface area contributed by atoms with E-state index in [9.17, 15) is 4.79 Å². The van der Waals surface area contributed by atoms with Gasteiger partial charge in [0, 0.05) is 17.1 Å². The predicted octanol–water partition coefficient (Wildman–Crippen LogP) is 2.07. The fraction of sp³-hybridized carbons (Fsp3) is 0.0556. The van der Waals surface area contributed by atoms with Crippen LogP contribution in [0, 0.1) is 6.92 Å². The van der Waals surface area contributed by atoms with Gasteiger partial charge in [-0.3, -0.25) is 14.9 Å². The molecule has 0 aliphatic heterocycles. The Balaban J connectivity index is 2.07. The zero-order valence-corrected chi connectivity index (χ0v) is 13.9. The molecule has 1 aromatic carbocycles. The molecule has 0 saturated heterocycles. The van der Waals surface area contributed by atoms with E-state index in [4.69, 9.17) is 11.5 Å². The number of primary amides is 1. The van der Waals surface area contributed by atoms with Crippen molar-refractivity contribution in [1.29, 1.82) is 0 Å². The number of rotatable bonds is 3. The highest BCUT2D eigenvalue weighted by Crippen LogP contribution is 2.35. The number of aromatic nitrogens is 5. The maximum absolute atomic E-state index is 11.9. The first-order valence-corrected chi connectivity index (χ1v) is 7.88. The van der Waals surface area contributed by atoms with Crippen molar-refractivity contribution in [1.82, 2.24) is 25.1 Å². The van der Waals surface area contributed by atoms with E-state index >= 15 is 0 Å². The summed E-state index contributed by atoms with van der Waals surface area (Å²) >= 11 is 0. The zero-order valence-electron chi connectivity index (χ0n) is 13.9. The minimum atomic E-state index is -0.722. The number of nitrogens with one attached hydrogen (secondary N) is 1. The van der Waals surface area contributed by atoms with Gasteiger partial charge in [0.2, 0.25) is 0 Å².